The minimum atomic E-state index is 0.189. The van der Waals surface area contributed by atoms with E-state index in [4.69, 9.17) is 15.2 Å². The zero-order valence-electron chi connectivity index (χ0n) is 9.71. The van der Waals surface area contributed by atoms with E-state index in [9.17, 15) is 0 Å². The maximum absolute atomic E-state index is 6.13. The van der Waals surface area contributed by atoms with Crippen molar-refractivity contribution < 1.29 is 9.47 Å². The molecule has 1 aliphatic heterocycles. The first kappa shape index (κ1) is 11.4. The number of hydrogen-bond donors (Lipinski definition) is 1. The number of rotatable bonds is 3. The van der Waals surface area contributed by atoms with E-state index >= 15 is 0 Å². The predicted molar refractivity (Wildman–Crippen MR) is 59.7 cm³/mol. The van der Waals surface area contributed by atoms with Crippen molar-refractivity contribution in [2.45, 2.75) is 50.2 Å². The standard InChI is InChI=1S/C12H23NO2/c1-14-9-11(13)10-4-7-15-12(8-10)5-2-3-6-12/h10-11H,2-9,13H2,1H3. The van der Waals surface area contributed by atoms with E-state index < -0.39 is 0 Å². The van der Waals surface area contributed by atoms with Crippen LogP contribution in [-0.2, 0) is 9.47 Å². The molecule has 2 atom stereocenters. The van der Waals surface area contributed by atoms with Gasteiger partial charge in [0, 0.05) is 19.8 Å². The topological polar surface area (TPSA) is 44.5 Å². The van der Waals surface area contributed by atoms with Gasteiger partial charge in [-0.15, -0.1) is 0 Å². The molecule has 1 saturated heterocycles. The Kier molecular flexibility index (Phi) is 3.65. The summed E-state index contributed by atoms with van der Waals surface area (Å²) in [5.74, 6) is 0.594. The number of nitrogens with two attached hydrogens (primary N) is 1. The highest BCUT2D eigenvalue weighted by Gasteiger charge is 2.41. The lowest BCUT2D eigenvalue weighted by Gasteiger charge is -2.40. The summed E-state index contributed by atoms with van der Waals surface area (Å²) in [5.41, 5.74) is 6.32. The predicted octanol–water partition coefficient (Wildman–Crippen LogP) is 1.70. The molecule has 88 valence electrons. The van der Waals surface area contributed by atoms with Crippen molar-refractivity contribution in [1.29, 1.82) is 0 Å². The average molecular weight is 213 g/mol. The van der Waals surface area contributed by atoms with Crippen LogP contribution in [0.25, 0.3) is 0 Å². The van der Waals surface area contributed by atoms with Crippen molar-refractivity contribution in [3.8, 4) is 0 Å². The molecular weight excluding hydrogens is 190 g/mol. The zero-order chi connectivity index (χ0) is 10.7. The van der Waals surface area contributed by atoms with Crippen molar-refractivity contribution >= 4 is 0 Å². The molecule has 2 rings (SSSR count). The molecule has 2 fully saturated rings. The number of methoxy groups -OCH3 is 1. The molecule has 1 heterocycles. The van der Waals surface area contributed by atoms with Crippen molar-refractivity contribution in [2.24, 2.45) is 11.7 Å². The van der Waals surface area contributed by atoms with Gasteiger partial charge in [0.1, 0.15) is 0 Å². The molecule has 0 bridgehead atoms. The fraction of sp³-hybridized carbons (Fsp3) is 1.00. The molecule has 2 N–H and O–H groups in total. The Labute approximate surface area is 92.3 Å². The lowest BCUT2D eigenvalue weighted by atomic mass is 9.81. The maximum atomic E-state index is 6.13. The fourth-order valence-electron chi connectivity index (χ4n) is 3.13. The van der Waals surface area contributed by atoms with Crippen LogP contribution in [0.15, 0.2) is 0 Å². The molecule has 2 unspecified atom stereocenters. The molecule has 1 spiro atoms. The molecule has 3 nitrogen and oxygen atoms in total. The van der Waals surface area contributed by atoms with Gasteiger partial charge in [-0.05, 0) is 31.6 Å². The van der Waals surface area contributed by atoms with Crippen molar-refractivity contribution in [3.05, 3.63) is 0 Å². The normalized spacial score (nSPS) is 32.0. The van der Waals surface area contributed by atoms with Crippen LogP contribution in [-0.4, -0.2) is 32.0 Å². The first-order chi connectivity index (χ1) is 7.26. The maximum Gasteiger partial charge on any atom is 0.0685 e. The number of hydrogen-bond acceptors (Lipinski definition) is 3. The van der Waals surface area contributed by atoms with Crippen LogP contribution in [0.4, 0.5) is 0 Å². The van der Waals surface area contributed by atoms with Gasteiger partial charge in [0.05, 0.1) is 12.2 Å². The average Bonchev–Trinajstić information content (AvgIpc) is 2.67. The highest BCUT2D eigenvalue weighted by molar-refractivity contribution is 4.93. The summed E-state index contributed by atoms with van der Waals surface area (Å²) in [5, 5.41) is 0. The zero-order valence-corrected chi connectivity index (χ0v) is 9.71. The van der Waals surface area contributed by atoms with Gasteiger partial charge in [-0.1, -0.05) is 12.8 Å². The van der Waals surface area contributed by atoms with Gasteiger partial charge in [-0.3, -0.25) is 0 Å². The Morgan fingerprint density at radius 2 is 2.20 bits per heavy atom. The summed E-state index contributed by atoms with van der Waals surface area (Å²) in [7, 11) is 1.73. The van der Waals surface area contributed by atoms with E-state index in [0.29, 0.717) is 12.5 Å². The second-order valence-electron chi connectivity index (χ2n) is 5.11. The van der Waals surface area contributed by atoms with Crippen LogP contribution >= 0.6 is 0 Å². The van der Waals surface area contributed by atoms with E-state index in [2.05, 4.69) is 0 Å². The van der Waals surface area contributed by atoms with Gasteiger partial charge in [-0.2, -0.15) is 0 Å². The van der Waals surface area contributed by atoms with Crippen LogP contribution in [0.1, 0.15) is 38.5 Å². The second kappa shape index (κ2) is 4.81. The van der Waals surface area contributed by atoms with Crippen LogP contribution in [0, 0.1) is 5.92 Å². The summed E-state index contributed by atoms with van der Waals surface area (Å²) in [6.45, 7) is 1.57. The van der Waals surface area contributed by atoms with Crippen molar-refractivity contribution in [1.82, 2.24) is 0 Å². The summed E-state index contributed by atoms with van der Waals surface area (Å²) >= 11 is 0. The molecule has 0 aromatic heterocycles. The fourth-order valence-corrected chi connectivity index (χ4v) is 3.13. The highest BCUT2D eigenvalue weighted by Crippen LogP contribution is 2.42. The Hall–Kier alpha value is -0.120. The third-order valence-electron chi connectivity index (χ3n) is 4.01. The van der Waals surface area contributed by atoms with E-state index in [-0.39, 0.29) is 11.6 Å². The van der Waals surface area contributed by atoms with E-state index in [1.165, 1.54) is 25.7 Å². The van der Waals surface area contributed by atoms with Gasteiger partial charge in [0.15, 0.2) is 0 Å². The lowest BCUT2D eigenvalue weighted by molar-refractivity contribution is -0.0986. The van der Waals surface area contributed by atoms with Gasteiger partial charge in [0.25, 0.3) is 0 Å². The molecule has 15 heavy (non-hydrogen) atoms. The molecule has 0 aromatic carbocycles. The monoisotopic (exact) mass is 213 g/mol. The van der Waals surface area contributed by atoms with E-state index in [1.807, 2.05) is 0 Å². The molecule has 1 saturated carbocycles. The second-order valence-corrected chi connectivity index (χ2v) is 5.11. The third-order valence-corrected chi connectivity index (χ3v) is 4.01. The lowest BCUT2D eigenvalue weighted by Crippen LogP contribution is -2.45. The summed E-state index contributed by atoms with van der Waals surface area (Å²) in [4.78, 5) is 0. The minimum Gasteiger partial charge on any atom is -0.383 e. The summed E-state index contributed by atoms with van der Waals surface area (Å²) in [6.07, 6.45) is 7.38. The third kappa shape index (κ3) is 2.52. The first-order valence-electron chi connectivity index (χ1n) is 6.14. The van der Waals surface area contributed by atoms with Gasteiger partial charge in [-0.25, -0.2) is 0 Å². The smallest absolute Gasteiger partial charge is 0.0685 e. The van der Waals surface area contributed by atoms with Gasteiger partial charge in [0.2, 0.25) is 0 Å². The Morgan fingerprint density at radius 3 is 2.87 bits per heavy atom. The number of ether oxygens (including phenoxy) is 2. The SMILES string of the molecule is COCC(N)C1CCOC2(CCCC2)C1. The van der Waals surface area contributed by atoms with Crippen molar-refractivity contribution in [2.75, 3.05) is 20.3 Å². The summed E-state index contributed by atoms with van der Waals surface area (Å²) < 4.78 is 11.1. The Bertz CT molecular complexity index is 202. The molecule has 2 aliphatic rings. The van der Waals surface area contributed by atoms with Crippen molar-refractivity contribution in [3.63, 3.8) is 0 Å². The van der Waals surface area contributed by atoms with Crippen LogP contribution < -0.4 is 5.73 Å². The molecule has 0 amide bonds. The first-order valence-corrected chi connectivity index (χ1v) is 6.14. The van der Waals surface area contributed by atoms with Crippen LogP contribution in [0.5, 0.6) is 0 Å². The highest BCUT2D eigenvalue weighted by atomic mass is 16.5. The quantitative estimate of drug-likeness (QED) is 0.776. The van der Waals surface area contributed by atoms with Gasteiger partial charge < -0.3 is 15.2 Å². The molecule has 0 radical (unpaired) electrons. The van der Waals surface area contributed by atoms with E-state index in [1.54, 1.807) is 7.11 Å². The Balaban J connectivity index is 1.91. The summed E-state index contributed by atoms with van der Waals surface area (Å²) in [6, 6.07) is 0.191. The largest absolute Gasteiger partial charge is 0.383 e. The Morgan fingerprint density at radius 1 is 1.47 bits per heavy atom. The van der Waals surface area contributed by atoms with E-state index in [0.717, 1.165) is 19.4 Å². The van der Waals surface area contributed by atoms with Gasteiger partial charge >= 0.3 is 0 Å². The van der Waals surface area contributed by atoms with Crippen LogP contribution in [0.2, 0.25) is 0 Å². The van der Waals surface area contributed by atoms with Crippen LogP contribution in [0.3, 0.4) is 0 Å². The molecule has 3 heteroatoms. The molecule has 1 aliphatic carbocycles. The minimum absolute atomic E-state index is 0.189. The molecular formula is C12H23NO2. The molecule has 0 aromatic rings.